The second-order valence-electron chi connectivity index (χ2n) is 6.04. The van der Waals surface area contributed by atoms with Crippen LogP contribution in [-0.2, 0) is 12.8 Å². The van der Waals surface area contributed by atoms with E-state index in [-0.39, 0.29) is 46.6 Å². The van der Waals surface area contributed by atoms with Crippen molar-refractivity contribution in [3.63, 3.8) is 0 Å². The summed E-state index contributed by atoms with van der Waals surface area (Å²) < 4.78 is 5.46. The molecule has 0 heterocycles. The van der Waals surface area contributed by atoms with Crippen molar-refractivity contribution >= 4 is 0 Å². The third-order valence-corrected chi connectivity index (χ3v) is 4.33. The molecule has 7 nitrogen and oxygen atoms in total. The van der Waals surface area contributed by atoms with Gasteiger partial charge in [-0.3, -0.25) is 0 Å². The van der Waals surface area contributed by atoms with Crippen molar-refractivity contribution in [1.29, 1.82) is 0 Å². The number of hydrogen-bond donors (Lipinski definition) is 6. The molecule has 144 valence electrons. The summed E-state index contributed by atoms with van der Waals surface area (Å²) in [7, 11) is 0. The van der Waals surface area contributed by atoms with E-state index in [0.717, 1.165) is 0 Å². The van der Waals surface area contributed by atoms with Crippen LogP contribution in [0.3, 0.4) is 0 Å². The van der Waals surface area contributed by atoms with E-state index in [4.69, 9.17) is 4.74 Å². The predicted molar refractivity (Wildman–Crippen MR) is 100 cm³/mol. The topological polar surface area (TPSA) is 131 Å². The fraction of sp³-hybridized carbons (Fsp3) is 0.200. The molecule has 2 aromatic carbocycles. The number of benzene rings is 2. The summed E-state index contributed by atoms with van der Waals surface area (Å²) >= 11 is 0. The quantitative estimate of drug-likeness (QED) is 0.424. The molecular formula is C20H22O7. The first-order chi connectivity index (χ1) is 12.7. The highest BCUT2D eigenvalue weighted by Crippen LogP contribution is 2.54. The van der Waals surface area contributed by atoms with Crippen LogP contribution < -0.4 is 4.74 Å². The van der Waals surface area contributed by atoms with Crippen LogP contribution in [0.5, 0.6) is 46.0 Å². The van der Waals surface area contributed by atoms with E-state index in [2.05, 4.69) is 13.2 Å². The Balaban J connectivity index is 2.74. The Kier molecular flexibility index (Phi) is 5.44. The van der Waals surface area contributed by atoms with Gasteiger partial charge in [0.1, 0.15) is 11.5 Å². The first-order valence-corrected chi connectivity index (χ1v) is 8.09. The van der Waals surface area contributed by atoms with Crippen LogP contribution in [0.2, 0.25) is 0 Å². The van der Waals surface area contributed by atoms with E-state index < -0.39 is 34.5 Å². The van der Waals surface area contributed by atoms with Crippen LogP contribution in [0.1, 0.15) is 22.3 Å². The summed E-state index contributed by atoms with van der Waals surface area (Å²) in [5.41, 5.74) is 0.216. The van der Waals surface area contributed by atoms with Gasteiger partial charge in [0.25, 0.3) is 0 Å². The van der Waals surface area contributed by atoms with E-state index in [1.807, 2.05) is 0 Å². The molecule has 6 N–H and O–H groups in total. The Morgan fingerprint density at radius 3 is 1.26 bits per heavy atom. The second-order valence-corrected chi connectivity index (χ2v) is 6.04. The van der Waals surface area contributed by atoms with Crippen LogP contribution in [0.4, 0.5) is 0 Å². The molecule has 0 fully saturated rings. The number of hydrogen-bond acceptors (Lipinski definition) is 7. The molecule has 0 amide bonds. The summed E-state index contributed by atoms with van der Waals surface area (Å²) in [5.74, 6) is -3.81. The largest absolute Gasteiger partial charge is 0.507 e. The van der Waals surface area contributed by atoms with Crippen LogP contribution in [0, 0.1) is 13.8 Å². The molecule has 2 aromatic rings. The van der Waals surface area contributed by atoms with Gasteiger partial charge < -0.3 is 35.4 Å². The molecule has 0 saturated carbocycles. The smallest absolute Gasteiger partial charge is 0.211 e. The van der Waals surface area contributed by atoms with Gasteiger partial charge in [0.2, 0.25) is 11.5 Å². The summed E-state index contributed by atoms with van der Waals surface area (Å²) in [5, 5.41) is 61.7. The second kappa shape index (κ2) is 7.41. The van der Waals surface area contributed by atoms with E-state index in [0.29, 0.717) is 0 Å². The Morgan fingerprint density at radius 1 is 0.630 bits per heavy atom. The molecule has 0 unspecified atom stereocenters. The zero-order valence-corrected chi connectivity index (χ0v) is 15.1. The van der Waals surface area contributed by atoms with Crippen molar-refractivity contribution in [2.45, 2.75) is 26.7 Å². The molecule has 0 spiro atoms. The molecule has 0 atom stereocenters. The average Bonchev–Trinajstić information content (AvgIpc) is 2.65. The summed E-state index contributed by atoms with van der Waals surface area (Å²) in [6.45, 7) is 9.91. The maximum Gasteiger partial charge on any atom is 0.211 e. The van der Waals surface area contributed by atoms with Crippen molar-refractivity contribution in [2.75, 3.05) is 0 Å². The molecule has 0 radical (unpaired) electrons. The molecule has 0 aliphatic heterocycles. The summed E-state index contributed by atoms with van der Waals surface area (Å²) in [6.07, 6.45) is 3.06. The number of phenols is 6. The number of rotatable bonds is 6. The van der Waals surface area contributed by atoms with Gasteiger partial charge in [0.15, 0.2) is 23.0 Å². The van der Waals surface area contributed by atoms with E-state index in [9.17, 15) is 30.6 Å². The zero-order chi connectivity index (χ0) is 20.5. The van der Waals surface area contributed by atoms with Crippen LogP contribution in [-0.4, -0.2) is 30.6 Å². The lowest BCUT2D eigenvalue weighted by atomic mass is 10.0. The number of allylic oxidation sites excluding steroid dienone is 2. The van der Waals surface area contributed by atoms with Gasteiger partial charge >= 0.3 is 0 Å². The van der Waals surface area contributed by atoms with Crippen LogP contribution in [0.25, 0.3) is 0 Å². The number of ether oxygens (including phenoxy) is 1. The minimum atomic E-state index is -0.565. The molecular weight excluding hydrogens is 352 g/mol. The molecule has 7 heteroatoms. The first kappa shape index (κ1) is 19.8. The van der Waals surface area contributed by atoms with E-state index in [1.165, 1.54) is 26.0 Å². The monoisotopic (exact) mass is 374 g/mol. The normalized spacial score (nSPS) is 10.6. The molecule has 0 aliphatic rings. The molecule has 2 rings (SSSR count). The molecule has 0 bridgehead atoms. The summed E-state index contributed by atoms with van der Waals surface area (Å²) in [6, 6.07) is 0. The van der Waals surface area contributed by atoms with Crippen molar-refractivity contribution < 1.29 is 35.4 Å². The van der Waals surface area contributed by atoms with Crippen molar-refractivity contribution in [1.82, 2.24) is 0 Å². The Morgan fingerprint density at radius 2 is 0.963 bits per heavy atom. The van der Waals surface area contributed by atoms with Crippen molar-refractivity contribution in [3.05, 3.63) is 47.6 Å². The summed E-state index contributed by atoms with van der Waals surface area (Å²) in [4.78, 5) is 0. The predicted octanol–water partition coefficient (Wildman–Crippen LogP) is 3.79. The standard InChI is InChI=1S/C20H22O7/c1-5-7-11-13(21)9(3)15(23)19(17(11)25)27-20-16(24)10(4)14(22)12(8-6-2)18(20)26/h5-6,21-26H,1-2,7-8H2,3-4H3. The van der Waals surface area contributed by atoms with Gasteiger partial charge in [-0.2, -0.15) is 0 Å². The molecule has 0 aliphatic carbocycles. The number of aromatic hydroxyl groups is 6. The molecule has 0 saturated heterocycles. The molecule has 0 aromatic heterocycles. The fourth-order valence-corrected chi connectivity index (χ4v) is 2.71. The van der Waals surface area contributed by atoms with Gasteiger partial charge in [-0.05, 0) is 26.7 Å². The number of phenolic OH excluding ortho intramolecular Hbond substituents is 6. The Labute approximate surface area is 156 Å². The van der Waals surface area contributed by atoms with Crippen LogP contribution in [0.15, 0.2) is 25.3 Å². The highest BCUT2D eigenvalue weighted by Gasteiger charge is 2.27. The van der Waals surface area contributed by atoms with Gasteiger partial charge in [0.05, 0.1) is 0 Å². The maximum atomic E-state index is 10.4. The average molecular weight is 374 g/mol. The highest BCUT2D eigenvalue weighted by atomic mass is 16.5. The SMILES string of the molecule is C=CCc1c(O)c(C)c(O)c(Oc2c(O)c(C)c(O)c(CC=C)c2O)c1O. The molecule has 27 heavy (non-hydrogen) atoms. The fourth-order valence-electron chi connectivity index (χ4n) is 2.71. The van der Waals surface area contributed by atoms with Crippen molar-refractivity contribution in [3.8, 4) is 46.0 Å². The van der Waals surface area contributed by atoms with Crippen LogP contribution >= 0.6 is 0 Å². The first-order valence-electron chi connectivity index (χ1n) is 8.09. The highest BCUT2D eigenvalue weighted by molar-refractivity contribution is 5.70. The Hall–Kier alpha value is -3.48. The lowest BCUT2D eigenvalue weighted by molar-refractivity contribution is 0.330. The van der Waals surface area contributed by atoms with E-state index >= 15 is 0 Å². The Bertz CT molecular complexity index is 854. The lowest BCUT2D eigenvalue weighted by Gasteiger charge is -2.19. The van der Waals surface area contributed by atoms with Gasteiger partial charge in [-0.15, -0.1) is 13.2 Å². The van der Waals surface area contributed by atoms with Gasteiger partial charge in [-0.25, -0.2) is 0 Å². The van der Waals surface area contributed by atoms with E-state index in [1.54, 1.807) is 0 Å². The third-order valence-electron chi connectivity index (χ3n) is 4.33. The van der Waals surface area contributed by atoms with Gasteiger partial charge in [0, 0.05) is 22.3 Å². The maximum absolute atomic E-state index is 10.4. The third kappa shape index (κ3) is 3.19. The zero-order valence-electron chi connectivity index (χ0n) is 15.1. The van der Waals surface area contributed by atoms with Gasteiger partial charge in [-0.1, -0.05) is 12.2 Å². The lowest BCUT2D eigenvalue weighted by Crippen LogP contribution is -1.97. The minimum Gasteiger partial charge on any atom is -0.507 e. The minimum absolute atomic E-state index is 0.0421. The van der Waals surface area contributed by atoms with Crippen molar-refractivity contribution in [2.24, 2.45) is 0 Å².